The number of hydrogen-bond donors (Lipinski definition) is 2. The lowest BCUT2D eigenvalue weighted by Gasteiger charge is -2.33. The third-order valence-electron chi connectivity index (χ3n) is 3.88. The van der Waals surface area contributed by atoms with Crippen LogP contribution in [0.25, 0.3) is 0 Å². The van der Waals surface area contributed by atoms with E-state index >= 15 is 0 Å². The Hall–Kier alpha value is -1.01. The van der Waals surface area contributed by atoms with Crippen LogP contribution in [0.3, 0.4) is 0 Å². The fourth-order valence-corrected chi connectivity index (χ4v) is 2.73. The summed E-state index contributed by atoms with van der Waals surface area (Å²) >= 11 is 0. The Labute approximate surface area is 125 Å². The van der Waals surface area contributed by atoms with Gasteiger partial charge in [0.05, 0.1) is 19.3 Å². The first-order chi connectivity index (χ1) is 10.2. The third kappa shape index (κ3) is 5.04. The second-order valence-corrected chi connectivity index (χ2v) is 5.43. The van der Waals surface area contributed by atoms with E-state index in [4.69, 9.17) is 4.74 Å². The van der Waals surface area contributed by atoms with Crippen LogP contribution in [0.5, 0.6) is 0 Å². The second kappa shape index (κ2) is 8.44. The summed E-state index contributed by atoms with van der Waals surface area (Å²) < 4.78 is 18.5. The quantitative estimate of drug-likeness (QED) is 0.801. The molecule has 5 heteroatoms. The number of aliphatic hydroxyl groups is 1. The molecular formula is C16H25FN2O2. The van der Waals surface area contributed by atoms with E-state index in [1.54, 1.807) is 0 Å². The lowest BCUT2D eigenvalue weighted by Crippen LogP contribution is -2.44. The summed E-state index contributed by atoms with van der Waals surface area (Å²) in [5, 5.41) is 12.6. The molecule has 1 aromatic carbocycles. The maximum atomic E-state index is 13.0. The summed E-state index contributed by atoms with van der Waals surface area (Å²) in [5.41, 5.74) is 1.12. The number of halogens is 1. The van der Waals surface area contributed by atoms with E-state index in [0.29, 0.717) is 6.61 Å². The lowest BCUT2D eigenvalue weighted by molar-refractivity contribution is -0.0533. The predicted molar refractivity (Wildman–Crippen MR) is 80.7 cm³/mol. The van der Waals surface area contributed by atoms with Gasteiger partial charge in [-0.25, -0.2) is 4.39 Å². The molecule has 1 aliphatic rings. The lowest BCUT2D eigenvalue weighted by atomic mass is 10.0. The summed E-state index contributed by atoms with van der Waals surface area (Å²) in [4.78, 5) is 2.32. The predicted octanol–water partition coefficient (Wildman–Crippen LogP) is 1.56. The van der Waals surface area contributed by atoms with Gasteiger partial charge in [0.25, 0.3) is 0 Å². The van der Waals surface area contributed by atoms with Crippen LogP contribution < -0.4 is 5.32 Å². The summed E-state index contributed by atoms with van der Waals surface area (Å²) in [5.74, 6) is -0.201. The van der Waals surface area contributed by atoms with Crippen LogP contribution in [0.4, 0.5) is 4.39 Å². The number of rotatable bonds is 7. The Balaban J connectivity index is 1.89. The number of benzene rings is 1. The molecule has 0 radical (unpaired) electrons. The molecule has 0 saturated carbocycles. The molecule has 2 rings (SSSR count). The van der Waals surface area contributed by atoms with E-state index in [0.717, 1.165) is 38.2 Å². The maximum Gasteiger partial charge on any atom is 0.123 e. The summed E-state index contributed by atoms with van der Waals surface area (Å²) in [6.45, 7) is 6.32. The molecule has 1 fully saturated rings. The van der Waals surface area contributed by atoms with Gasteiger partial charge in [-0.15, -0.1) is 0 Å². The van der Waals surface area contributed by atoms with Gasteiger partial charge in [0.15, 0.2) is 0 Å². The zero-order valence-corrected chi connectivity index (χ0v) is 12.6. The number of hydrogen-bond acceptors (Lipinski definition) is 4. The molecule has 2 atom stereocenters. The van der Waals surface area contributed by atoms with Gasteiger partial charge in [-0.1, -0.05) is 19.1 Å². The van der Waals surface area contributed by atoms with Crippen LogP contribution in [-0.4, -0.2) is 55.5 Å². The minimum absolute atomic E-state index is 0.0674. The highest BCUT2D eigenvalue weighted by Gasteiger charge is 2.20. The van der Waals surface area contributed by atoms with Gasteiger partial charge in [-0.3, -0.25) is 4.90 Å². The van der Waals surface area contributed by atoms with Gasteiger partial charge >= 0.3 is 0 Å². The molecule has 118 valence electrons. The van der Waals surface area contributed by atoms with Crippen molar-refractivity contribution in [3.63, 3.8) is 0 Å². The molecule has 0 spiro atoms. The zero-order chi connectivity index (χ0) is 15.1. The molecule has 1 saturated heterocycles. The first-order valence-electron chi connectivity index (χ1n) is 7.66. The highest BCUT2D eigenvalue weighted by Crippen LogP contribution is 2.18. The minimum Gasteiger partial charge on any atom is -0.394 e. The molecule has 21 heavy (non-hydrogen) atoms. The Kier molecular flexibility index (Phi) is 6.57. The van der Waals surface area contributed by atoms with Gasteiger partial charge in [0.2, 0.25) is 0 Å². The van der Waals surface area contributed by atoms with Gasteiger partial charge < -0.3 is 15.2 Å². The van der Waals surface area contributed by atoms with Crippen molar-refractivity contribution in [2.75, 3.05) is 39.4 Å². The number of morpholine rings is 1. The van der Waals surface area contributed by atoms with Crippen molar-refractivity contribution in [2.45, 2.75) is 25.5 Å². The molecule has 2 N–H and O–H groups in total. The largest absolute Gasteiger partial charge is 0.394 e. The molecule has 0 amide bonds. The molecule has 4 nitrogen and oxygen atoms in total. The Bertz CT molecular complexity index is 413. The van der Waals surface area contributed by atoms with E-state index in [1.165, 1.54) is 12.1 Å². The SMILES string of the molecule is CCNC(CCN1CCOC(CO)C1)c1ccc(F)cc1. The molecule has 1 aliphatic heterocycles. The Morgan fingerprint density at radius 1 is 1.43 bits per heavy atom. The molecule has 1 heterocycles. The van der Waals surface area contributed by atoms with Crippen molar-refractivity contribution in [2.24, 2.45) is 0 Å². The molecular weight excluding hydrogens is 271 g/mol. The summed E-state index contributed by atoms with van der Waals surface area (Å²) in [6.07, 6.45) is 0.889. The van der Waals surface area contributed by atoms with E-state index in [9.17, 15) is 9.50 Å². The zero-order valence-electron chi connectivity index (χ0n) is 12.6. The van der Waals surface area contributed by atoms with Crippen LogP contribution >= 0.6 is 0 Å². The topological polar surface area (TPSA) is 44.7 Å². The minimum atomic E-state index is -0.201. The normalized spacial score (nSPS) is 21.4. The van der Waals surface area contributed by atoms with Crippen LogP contribution in [0.2, 0.25) is 0 Å². The smallest absolute Gasteiger partial charge is 0.123 e. The highest BCUT2D eigenvalue weighted by molar-refractivity contribution is 5.19. The average Bonchev–Trinajstić information content (AvgIpc) is 2.52. The highest BCUT2D eigenvalue weighted by atomic mass is 19.1. The first-order valence-corrected chi connectivity index (χ1v) is 7.66. The van der Waals surface area contributed by atoms with Gasteiger partial charge in [-0.05, 0) is 30.7 Å². The monoisotopic (exact) mass is 296 g/mol. The van der Waals surface area contributed by atoms with Gasteiger partial charge in [-0.2, -0.15) is 0 Å². The fourth-order valence-electron chi connectivity index (χ4n) is 2.73. The first kappa shape index (κ1) is 16.4. The third-order valence-corrected chi connectivity index (χ3v) is 3.88. The molecule has 0 bridgehead atoms. The van der Waals surface area contributed by atoms with Crippen molar-refractivity contribution in [1.29, 1.82) is 0 Å². The summed E-state index contributed by atoms with van der Waals surface area (Å²) in [7, 11) is 0. The molecule has 2 unspecified atom stereocenters. The molecule has 1 aromatic rings. The number of nitrogens with one attached hydrogen (secondary N) is 1. The number of ether oxygens (including phenoxy) is 1. The maximum absolute atomic E-state index is 13.0. The van der Waals surface area contributed by atoms with Crippen LogP contribution in [0, 0.1) is 5.82 Å². The van der Waals surface area contributed by atoms with E-state index in [1.807, 2.05) is 12.1 Å². The van der Waals surface area contributed by atoms with E-state index in [-0.39, 0.29) is 24.6 Å². The Morgan fingerprint density at radius 2 is 2.19 bits per heavy atom. The van der Waals surface area contributed by atoms with Crippen molar-refractivity contribution in [1.82, 2.24) is 10.2 Å². The Morgan fingerprint density at radius 3 is 2.86 bits per heavy atom. The molecule has 0 aliphatic carbocycles. The van der Waals surface area contributed by atoms with Gasteiger partial charge in [0.1, 0.15) is 5.82 Å². The van der Waals surface area contributed by atoms with Crippen LogP contribution in [-0.2, 0) is 4.74 Å². The van der Waals surface area contributed by atoms with E-state index in [2.05, 4.69) is 17.1 Å². The van der Waals surface area contributed by atoms with Crippen molar-refractivity contribution < 1.29 is 14.2 Å². The standard InChI is InChI=1S/C16H25FN2O2/c1-2-18-16(13-3-5-14(17)6-4-13)7-8-19-9-10-21-15(11-19)12-20/h3-6,15-16,18,20H,2,7-12H2,1H3. The number of nitrogens with zero attached hydrogens (tertiary/aromatic N) is 1. The number of aliphatic hydroxyl groups excluding tert-OH is 1. The van der Waals surface area contributed by atoms with Crippen LogP contribution in [0.15, 0.2) is 24.3 Å². The van der Waals surface area contributed by atoms with Crippen molar-refractivity contribution in [3.8, 4) is 0 Å². The van der Waals surface area contributed by atoms with Crippen molar-refractivity contribution in [3.05, 3.63) is 35.6 Å². The molecule has 0 aromatic heterocycles. The summed E-state index contributed by atoms with van der Waals surface area (Å²) in [6, 6.07) is 6.94. The van der Waals surface area contributed by atoms with Crippen LogP contribution in [0.1, 0.15) is 24.9 Å². The van der Waals surface area contributed by atoms with Crippen molar-refractivity contribution >= 4 is 0 Å². The second-order valence-electron chi connectivity index (χ2n) is 5.43. The van der Waals surface area contributed by atoms with E-state index < -0.39 is 0 Å². The van der Waals surface area contributed by atoms with Gasteiger partial charge in [0, 0.05) is 25.7 Å². The average molecular weight is 296 g/mol. The fraction of sp³-hybridized carbons (Fsp3) is 0.625.